The largest absolute Gasteiger partial charge is 0.383 e. The number of rotatable bonds is 6. The summed E-state index contributed by atoms with van der Waals surface area (Å²) in [5.41, 5.74) is 0.431. The number of hydrogen-bond donors (Lipinski definition) is 0. The quantitative estimate of drug-likeness (QED) is 0.799. The maximum Gasteiger partial charge on any atom is 0.274 e. The maximum atomic E-state index is 12.6. The summed E-state index contributed by atoms with van der Waals surface area (Å²) >= 11 is 5.01. The van der Waals surface area contributed by atoms with E-state index in [0.717, 1.165) is 4.88 Å². The van der Waals surface area contributed by atoms with Crippen LogP contribution in [0.1, 0.15) is 15.4 Å². The molecule has 0 bridgehead atoms. The fraction of sp³-hybridized carbons (Fsp3) is 0.286. The predicted molar refractivity (Wildman–Crippen MR) is 82.9 cm³/mol. The van der Waals surface area contributed by atoms with Crippen molar-refractivity contribution < 1.29 is 9.53 Å². The summed E-state index contributed by atoms with van der Waals surface area (Å²) in [4.78, 5) is 19.6. The highest BCUT2D eigenvalue weighted by molar-refractivity contribution is 9.10. The van der Waals surface area contributed by atoms with Gasteiger partial charge >= 0.3 is 0 Å². The molecule has 20 heavy (non-hydrogen) atoms. The first-order valence-electron chi connectivity index (χ1n) is 6.13. The summed E-state index contributed by atoms with van der Waals surface area (Å²) < 4.78 is 5.79. The van der Waals surface area contributed by atoms with E-state index < -0.39 is 0 Å². The number of carbonyl (C=O) groups is 1. The first kappa shape index (κ1) is 15.2. The van der Waals surface area contributed by atoms with Gasteiger partial charge in [0.25, 0.3) is 5.91 Å². The molecule has 0 aliphatic heterocycles. The van der Waals surface area contributed by atoms with Crippen LogP contribution in [0.4, 0.5) is 0 Å². The molecule has 0 aliphatic carbocycles. The standard InChI is InChI=1S/C14H15BrN2O2S/c1-19-8-7-17(10-11-4-3-9-20-11)14(18)13-12(15)5-2-6-16-13/h2-6,9H,7-8,10H2,1H3. The number of aromatic nitrogens is 1. The lowest BCUT2D eigenvalue weighted by Crippen LogP contribution is -2.34. The number of hydrogen-bond acceptors (Lipinski definition) is 4. The lowest BCUT2D eigenvalue weighted by atomic mass is 10.3. The van der Waals surface area contributed by atoms with Crippen molar-refractivity contribution in [3.63, 3.8) is 0 Å². The average molecular weight is 355 g/mol. The summed E-state index contributed by atoms with van der Waals surface area (Å²) in [7, 11) is 1.63. The van der Waals surface area contributed by atoms with Crippen LogP contribution in [0.25, 0.3) is 0 Å². The molecule has 0 aromatic carbocycles. The predicted octanol–water partition coefficient (Wildman–Crippen LogP) is 3.19. The fourth-order valence-electron chi connectivity index (χ4n) is 1.74. The van der Waals surface area contributed by atoms with Gasteiger partial charge in [-0.15, -0.1) is 11.3 Å². The normalized spacial score (nSPS) is 10.5. The molecule has 4 nitrogen and oxygen atoms in total. The SMILES string of the molecule is COCCN(Cc1cccs1)C(=O)c1ncccc1Br. The molecule has 6 heteroatoms. The van der Waals surface area contributed by atoms with Crippen LogP contribution >= 0.6 is 27.3 Å². The Balaban J connectivity index is 2.17. The molecular weight excluding hydrogens is 340 g/mol. The molecule has 2 heterocycles. The summed E-state index contributed by atoms with van der Waals surface area (Å²) in [5, 5.41) is 2.00. The molecule has 2 aromatic heterocycles. The first-order chi connectivity index (χ1) is 9.72. The van der Waals surface area contributed by atoms with Gasteiger partial charge in [-0.2, -0.15) is 0 Å². The molecule has 2 aromatic rings. The van der Waals surface area contributed by atoms with E-state index in [-0.39, 0.29) is 5.91 Å². The molecule has 1 amide bonds. The second kappa shape index (κ2) is 7.52. The van der Waals surface area contributed by atoms with Gasteiger partial charge < -0.3 is 9.64 Å². The molecule has 106 valence electrons. The first-order valence-corrected chi connectivity index (χ1v) is 7.80. The number of methoxy groups -OCH3 is 1. The van der Waals surface area contributed by atoms with E-state index in [1.807, 2.05) is 23.6 Å². The molecule has 2 rings (SSSR count). The highest BCUT2D eigenvalue weighted by atomic mass is 79.9. The Bertz CT molecular complexity index is 560. The molecule has 0 N–H and O–H groups in total. The number of nitrogens with zero attached hydrogens (tertiary/aromatic N) is 2. The van der Waals surface area contributed by atoms with Crippen LogP contribution < -0.4 is 0 Å². The average Bonchev–Trinajstić information content (AvgIpc) is 2.96. The van der Waals surface area contributed by atoms with Crippen molar-refractivity contribution in [1.29, 1.82) is 0 Å². The number of carbonyl (C=O) groups excluding carboxylic acids is 1. The molecule has 0 spiro atoms. The van der Waals surface area contributed by atoms with Crippen LogP contribution in [0.5, 0.6) is 0 Å². The van der Waals surface area contributed by atoms with Gasteiger partial charge in [0.15, 0.2) is 0 Å². The van der Waals surface area contributed by atoms with Crippen molar-refractivity contribution in [3.05, 3.63) is 50.9 Å². The van der Waals surface area contributed by atoms with E-state index in [0.29, 0.717) is 29.9 Å². The summed E-state index contributed by atoms with van der Waals surface area (Å²) in [6.45, 7) is 1.61. The van der Waals surface area contributed by atoms with E-state index >= 15 is 0 Å². The molecular formula is C14H15BrN2O2S. The van der Waals surface area contributed by atoms with E-state index in [2.05, 4.69) is 20.9 Å². The van der Waals surface area contributed by atoms with Gasteiger partial charge in [0.05, 0.1) is 13.2 Å². The number of pyridine rings is 1. The lowest BCUT2D eigenvalue weighted by molar-refractivity contribution is 0.0675. The van der Waals surface area contributed by atoms with Crippen LogP contribution in [0.15, 0.2) is 40.3 Å². The van der Waals surface area contributed by atoms with Crippen LogP contribution in [-0.4, -0.2) is 36.1 Å². The van der Waals surface area contributed by atoms with Gasteiger partial charge in [0, 0.05) is 29.2 Å². The number of halogens is 1. The van der Waals surface area contributed by atoms with E-state index in [1.165, 1.54) is 0 Å². The highest BCUT2D eigenvalue weighted by Gasteiger charge is 2.19. The van der Waals surface area contributed by atoms with E-state index in [4.69, 9.17) is 4.74 Å². The van der Waals surface area contributed by atoms with Crippen molar-refractivity contribution in [1.82, 2.24) is 9.88 Å². The Hall–Kier alpha value is -1.24. The minimum Gasteiger partial charge on any atom is -0.383 e. The van der Waals surface area contributed by atoms with Gasteiger partial charge in [-0.1, -0.05) is 6.07 Å². The van der Waals surface area contributed by atoms with Crippen molar-refractivity contribution in [3.8, 4) is 0 Å². The second-order valence-electron chi connectivity index (χ2n) is 4.13. The van der Waals surface area contributed by atoms with Crippen LogP contribution in [-0.2, 0) is 11.3 Å². The Labute approximate surface area is 130 Å². The molecule has 0 atom stereocenters. The summed E-state index contributed by atoms with van der Waals surface area (Å²) in [5.74, 6) is -0.0945. The minimum atomic E-state index is -0.0945. The zero-order valence-corrected chi connectivity index (χ0v) is 13.5. The number of amides is 1. The molecule has 0 unspecified atom stereocenters. The van der Waals surface area contributed by atoms with E-state index in [9.17, 15) is 4.79 Å². The monoisotopic (exact) mass is 354 g/mol. The van der Waals surface area contributed by atoms with Crippen LogP contribution in [0.2, 0.25) is 0 Å². The third-order valence-electron chi connectivity index (χ3n) is 2.74. The Morgan fingerprint density at radius 3 is 2.95 bits per heavy atom. The molecule has 0 saturated heterocycles. The van der Waals surface area contributed by atoms with Crippen LogP contribution in [0.3, 0.4) is 0 Å². The number of ether oxygens (including phenoxy) is 1. The molecule has 0 aliphatic rings. The van der Waals surface area contributed by atoms with Crippen molar-refractivity contribution in [2.24, 2.45) is 0 Å². The third-order valence-corrected chi connectivity index (χ3v) is 4.24. The molecule has 0 fully saturated rings. The maximum absolute atomic E-state index is 12.6. The van der Waals surface area contributed by atoms with Gasteiger partial charge in [-0.25, -0.2) is 4.98 Å². The fourth-order valence-corrected chi connectivity index (χ4v) is 2.88. The van der Waals surface area contributed by atoms with Gasteiger partial charge in [0.1, 0.15) is 5.69 Å². The zero-order chi connectivity index (χ0) is 14.4. The van der Waals surface area contributed by atoms with E-state index in [1.54, 1.807) is 35.6 Å². The van der Waals surface area contributed by atoms with Gasteiger partial charge in [-0.3, -0.25) is 4.79 Å². The van der Waals surface area contributed by atoms with Crippen molar-refractivity contribution in [2.45, 2.75) is 6.54 Å². The van der Waals surface area contributed by atoms with Crippen molar-refractivity contribution >= 4 is 33.2 Å². The smallest absolute Gasteiger partial charge is 0.274 e. The lowest BCUT2D eigenvalue weighted by Gasteiger charge is -2.21. The second-order valence-corrected chi connectivity index (χ2v) is 6.02. The summed E-state index contributed by atoms with van der Waals surface area (Å²) in [6, 6.07) is 7.61. The highest BCUT2D eigenvalue weighted by Crippen LogP contribution is 2.18. The minimum absolute atomic E-state index is 0.0945. The Morgan fingerprint density at radius 1 is 1.45 bits per heavy atom. The summed E-state index contributed by atoms with van der Waals surface area (Å²) in [6.07, 6.45) is 1.62. The van der Waals surface area contributed by atoms with Crippen molar-refractivity contribution in [2.75, 3.05) is 20.3 Å². The topological polar surface area (TPSA) is 42.4 Å². The molecule has 0 saturated carbocycles. The van der Waals surface area contributed by atoms with Gasteiger partial charge in [0.2, 0.25) is 0 Å². The van der Waals surface area contributed by atoms with Crippen LogP contribution in [0, 0.1) is 0 Å². The molecule has 0 radical (unpaired) electrons. The number of thiophene rings is 1. The van der Waals surface area contributed by atoms with Gasteiger partial charge in [-0.05, 0) is 39.5 Å². The zero-order valence-electron chi connectivity index (χ0n) is 11.1. The Kier molecular flexibility index (Phi) is 5.70. The third kappa shape index (κ3) is 3.88. The Morgan fingerprint density at radius 2 is 2.30 bits per heavy atom.